The Kier molecular flexibility index (Phi) is 4.60. The van der Waals surface area contributed by atoms with Gasteiger partial charge < -0.3 is 5.32 Å². The summed E-state index contributed by atoms with van der Waals surface area (Å²) < 4.78 is 16.9. The third-order valence-electron chi connectivity index (χ3n) is 3.53. The lowest BCUT2D eigenvalue weighted by atomic mass is 9.99. The summed E-state index contributed by atoms with van der Waals surface area (Å²) in [6, 6.07) is 5.13. The van der Waals surface area contributed by atoms with E-state index in [4.69, 9.17) is 0 Å². The van der Waals surface area contributed by atoms with Crippen molar-refractivity contribution in [3.63, 3.8) is 0 Å². The van der Waals surface area contributed by atoms with Crippen molar-refractivity contribution >= 4 is 15.9 Å². The number of hydrogen-bond acceptors (Lipinski definition) is 2. The molecule has 1 unspecified atom stereocenters. The molecule has 5 heteroatoms. The minimum atomic E-state index is -0.176. The van der Waals surface area contributed by atoms with Crippen molar-refractivity contribution in [2.75, 3.05) is 7.05 Å². The number of benzene rings is 1. The van der Waals surface area contributed by atoms with Crippen molar-refractivity contribution in [3.05, 3.63) is 51.0 Å². The summed E-state index contributed by atoms with van der Waals surface area (Å²) in [7, 11) is 3.76. The van der Waals surface area contributed by atoms with E-state index < -0.39 is 0 Å². The molecule has 3 nitrogen and oxygen atoms in total. The maximum Gasteiger partial charge on any atom is 0.128 e. The molecule has 108 valence electrons. The van der Waals surface area contributed by atoms with Crippen molar-refractivity contribution in [2.45, 2.75) is 26.3 Å². The SMILES string of the molecule is CNC(Cc1c(Br)c(C)nn1C)c1cc(C)ccc1F. The van der Waals surface area contributed by atoms with E-state index in [9.17, 15) is 4.39 Å². The first-order valence-electron chi connectivity index (χ1n) is 6.55. The molecule has 1 aromatic heterocycles. The van der Waals surface area contributed by atoms with Gasteiger partial charge in [-0.1, -0.05) is 17.7 Å². The Bertz CT molecular complexity index is 622. The van der Waals surface area contributed by atoms with Crippen LogP contribution in [0.1, 0.15) is 28.6 Å². The molecule has 0 fully saturated rings. The normalized spacial score (nSPS) is 12.7. The first-order chi connectivity index (χ1) is 9.43. The van der Waals surface area contributed by atoms with Gasteiger partial charge in [0.15, 0.2) is 0 Å². The summed E-state index contributed by atoms with van der Waals surface area (Å²) in [5.41, 5.74) is 3.75. The number of aryl methyl sites for hydroxylation is 3. The highest BCUT2D eigenvalue weighted by molar-refractivity contribution is 9.10. The van der Waals surface area contributed by atoms with E-state index in [0.29, 0.717) is 12.0 Å². The van der Waals surface area contributed by atoms with Crippen LogP contribution in [0.25, 0.3) is 0 Å². The maximum absolute atomic E-state index is 14.0. The molecule has 1 atom stereocenters. The predicted molar refractivity (Wildman–Crippen MR) is 82.3 cm³/mol. The monoisotopic (exact) mass is 339 g/mol. The summed E-state index contributed by atoms with van der Waals surface area (Å²) in [6.07, 6.45) is 0.675. The number of likely N-dealkylation sites (N-methyl/N-ethyl adjacent to an activating group) is 1. The Labute approximate surface area is 127 Å². The Hall–Kier alpha value is -1.20. The molecule has 0 saturated heterocycles. The van der Waals surface area contributed by atoms with Gasteiger partial charge in [-0.3, -0.25) is 4.68 Å². The van der Waals surface area contributed by atoms with E-state index in [1.807, 2.05) is 38.7 Å². The molecule has 0 saturated carbocycles. The molecule has 2 rings (SSSR count). The van der Waals surface area contributed by atoms with Crippen molar-refractivity contribution in [3.8, 4) is 0 Å². The van der Waals surface area contributed by atoms with E-state index in [1.165, 1.54) is 6.07 Å². The van der Waals surface area contributed by atoms with Gasteiger partial charge in [0.05, 0.1) is 15.9 Å². The molecule has 0 spiro atoms. The highest BCUT2D eigenvalue weighted by atomic mass is 79.9. The van der Waals surface area contributed by atoms with E-state index in [1.54, 1.807) is 6.07 Å². The number of halogens is 2. The zero-order chi connectivity index (χ0) is 14.9. The highest BCUT2D eigenvalue weighted by Gasteiger charge is 2.19. The first kappa shape index (κ1) is 15.2. The topological polar surface area (TPSA) is 29.9 Å². The molecule has 0 bridgehead atoms. The fraction of sp³-hybridized carbons (Fsp3) is 0.400. The number of nitrogens with one attached hydrogen (secondary N) is 1. The molecule has 0 aliphatic heterocycles. The van der Waals surface area contributed by atoms with Crippen LogP contribution in [0.5, 0.6) is 0 Å². The fourth-order valence-electron chi connectivity index (χ4n) is 2.39. The lowest BCUT2D eigenvalue weighted by molar-refractivity contribution is 0.518. The smallest absolute Gasteiger partial charge is 0.128 e. The molecule has 0 radical (unpaired) electrons. The third-order valence-corrected chi connectivity index (χ3v) is 4.57. The average Bonchev–Trinajstić information content (AvgIpc) is 2.65. The second-order valence-corrected chi connectivity index (χ2v) is 5.83. The van der Waals surface area contributed by atoms with Crippen LogP contribution in [0.3, 0.4) is 0 Å². The molecule has 1 N–H and O–H groups in total. The molecule has 0 aliphatic carbocycles. The lowest BCUT2D eigenvalue weighted by Crippen LogP contribution is -2.21. The lowest BCUT2D eigenvalue weighted by Gasteiger charge is -2.18. The highest BCUT2D eigenvalue weighted by Crippen LogP contribution is 2.27. The Morgan fingerprint density at radius 2 is 2.10 bits per heavy atom. The van der Waals surface area contributed by atoms with Crippen LogP contribution in [-0.2, 0) is 13.5 Å². The standard InChI is InChI=1S/C15H19BrFN3/c1-9-5-6-12(17)11(7-9)13(18-3)8-14-15(16)10(2)19-20(14)4/h5-7,13,18H,8H2,1-4H3. The van der Waals surface area contributed by atoms with Gasteiger partial charge in [0.1, 0.15) is 5.82 Å². The summed E-state index contributed by atoms with van der Waals surface area (Å²) in [5, 5.41) is 7.58. The summed E-state index contributed by atoms with van der Waals surface area (Å²) >= 11 is 3.56. The van der Waals surface area contributed by atoms with Gasteiger partial charge >= 0.3 is 0 Å². The first-order valence-corrected chi connectivity index (χ1v) is 7.34. The number of hydrogen-bond donors (Lipinski definition) is 1. The summed E-state index contributed by atoms with van der Waals surface area (Å²) in [6.45, 7) is 3.93. The molecule has 0 amide bonds. The Morgan fingerprint density at radius 1 is 1.40 bits per heavy atom. The van der Waals surface area contributed by atoms with Gasteiger partial charge in [0.25, 0.3) is 0 Å². The van der Waals surface area contributed by atoms with E-state index in [2.05, 4.69) is 26.3 Å². The fourth-order valence-corrected chi connectivity index (χ4v) is 2.89. The van der Waals surface area contributed by atoms with Gasteiger partial charge in [-0.25, -0.2) is 4.39 Å². The van der Waals surface area contributed by atoms with Gasteiger partial charge in [0, 0.05) is 25.1 Å². The second-order valence-electron chi connectivity index (χ2n) is 5.04. The molecule has 1 aromatic carbocycles. The maximum atomic E-state index is 14.0. The number of aromatic nitrogens is 2. The zero-order valence-corrected chi connectivity index (χ0v) is 13.8. The van der Waals surface area contributed by atoms with Crippen molar-refractivity contribution in [1.29, 1.82) is 0 Å². The van der Waals surface area contributed by atoms with Gasteiger partial charge in [0.2, 0.25) is 0 Å². The molecule has 2 aromatic rings. The van der Waals surface area contributed by atoms with Crippen LogP contribution >= 0.6 is 15.9 Å². The van der Waals surface area contributed by atoms with Crippen molar-refractivity contribution in [1.82, 2.24) is 15.1 Å². The van der Waals surface area contributed by atoms with Gasteiger partial charge in [-0.15, -0.1) is 0 Å². The van der Waals surface area contributed by atoms with Crippen molar-refractivity contribution < 1.29 is 4.39 Å². The van der Waals surface area contributed by atoms with E-state index in [-0.39, 0.29) is 11.9 Å². The predicted octanol–water partition coefficient (Wildman–Crippen LogP) is 3.44. The van der Waals surface area contributed by atoms with Crippen LogP contribution in [-0.4, -0.2) is 16.8 Å². The summed E-state index contributed by atoms with van der Waals surface area (Å²) in [5.74, 6) is -0.176. The minimum absolute atomic E-state index is 0.0824. The quantitative estimate of drug-likeness (QED) is 0.924. The van der Waals surface area contributed by atoms with Crippen LogP contribution in [0.15, 0.2) is 22.7 Å². The van der Waals surface area contributed by atoms with Crippen LogP contribution in [0.2, 0.25) is 0 Å². The van der Waals surface area contributed by atoms with E-state index in [0.717, 1.165) is 21.4 Å². The largest absolute Gasteiger partial charge is 0.313 e. The number of rotatable bonds is 4. The molecule has 0 aliphatic rings. The average molecular weight is 340 g/mol. The van der Waals surface area contributed by atoms with Crippen LogP contribution in [0.4, 0.5) is 4.39 Å². The second kappa shape index (κ2) is 6.06. The summed E-state index contributed by atoms with van der Waals surface area (Å²) in [4.78, 5) is 0. The zero-order valence-electron chi connectivity index (χ0n) is 12.2. The van der Waals surface area contributed by atoms with Crippen LogP contribution in [0, 0.1) is 19.7 Å². The van der Waals surface area contributed by atoms with E-state index >= 15 is 0 Å². The van der Waals surface area contributed by atoms with Crippen molar-refractivity contribution in [2.24, 2.45) is 7.05 Å². The van der Waals surface area contributed by atoms with Crippen LogP contribution < -0.4 is 5.32 Å². The molecule has 1 heterocycles. The molecule has 20 heavy (non-hydrogen) atoms. The molecular formula is C15H19BrFN3. The van der Waals surface area contributed by atoms with Gasteiger partial charge in [-0.2, -0.15) is 5.10 Å². The van der Waals surface area contributed by atoms with Gasteiger partial charge in [-0.05, 0) is 42.9 Å². The third kappa shape index (κ3) is 2.94. The Balaban J connectivity index is 2.36. The Morgan fingerprint density at radius 3 is 2.65 bits per heavy atom. The number of nitrogens with zero attached hydrogens (tertiary/aromatic N) is 2. The minimum Gasteiger partial charge on any atom is -0.313 e. The molecular weight excluding hydrogens is 321 g/mol.